The van der Waals surface area contributed by atoms with E-state index in [1.165, 1.54) is 24.4 Å². The molecule has 0 N–H and O–H groups in total. The number of aromatic nitrogens is 2. The minimum Gasteiger partial charge on any atom is -0.226 e. The molecule has 0 unspecified atom stereocenters. The predicted octanol–water partition coefficient (Wildman–Crippen LogP) is 2.81. The van der Waals surface area contributed by atoms with Crippen molar-refractivity contribution < 1.29 is 4.39 Å². The van der Waals surface area contributed by atoms with E-state index in [4.69, 9.17) is 16.9 Å². The van der Waals surface area contributed by atoms with Crippen LogP contribution in [0, 0.1) is 17.1 Å². The molecular weight excluding hydrogens is 229 g/mol. The van der Waals surface area contributed by atoms with Crippen LogP contribution in [-0.2, 0) is 0 Å². The van der Waals surface area contributed by atoms with E-state index in [1.54, 1.807) is 12.1 Å². The Labute approximate surface area is 96.2 Å². The maximum atomic E-state index is 13.1. The minimum absolute atomic E-state index is 0.0211. The summed E-state index contributed by atoms with van der Waals surface area (Å²) in [6, 6.07) is 7.60. The van der Waals surface area contributed by atoms with Crippen molar-refractivity contribution in [1.82, 2.24) is 9.97 Å². The van der Waals surface area contributed by atoms with Gasteiger partial charge in [-0.2, -0.15) is 5.26 Å². The molecule has 0 amide bonds. The van der Waals surface area contributed by atoms with Gasteiger partial charge in [0, 0.05) is 11.8 Å². The van der Waals surface area contributed by atoms with E-state index < -0.39 is 5.82 Å². The molecule has 2 aromatic rings. The SMILES string of the molecule is N#Cc1cc(-c2ccnc(Cl)n2)ccc1F. The molecule has 1 aromatic carbocycles. The van der Waals surface area contributed by atoms with E-state index in [0.717, 1.165) is 0 Å². The van der Waals surface area contributed by atoms with Crippen LogP contribution in [0.3, 0.4) is 0 Å². The zero-order chi connectivity index (χ0) is 11.5. The van der Waals surface area contributed by atoms with Crippen molar-refractivity contribution in [2.45, 2.75) is 0 Å². The normalized spacial score (nSPS) is 9.81. The Morgan fingerprint density at radius 1 is 1.31 bits per heavy atom. The van der Waals surface area contributed by atoms with Gasteiger partial charge >= 0.3 is 0 Å². The topological polar surface area (TPSA) is 49.6 Å². The van der Waals surface area contributed by atoms with Gasteiger partial charge in [-0.25, -0.2) is 14.4 Å². The summed E-state index contributed by atoms with van der Waals surface area (Å²) in [5.41, 5.74) is 1.16. The molecule has 16 heavy (non-hydrogen) atoms. The molecule has 0 bridgehead atoms. The zero-order valence-corrected chi connectivity index (χ0v) is 8.74. The average Bonchev–Trinajstić information content (AvgIpc) is 2.29. The summed E-state index contributed by atoms with van der Waals surface area (Å²) < 4.78 is 13.1. The van der Waals surface area contributed by atoms with Crippen LogP contribution < -0.4 is 0 Å². The van der Waals surface area contributed by atoms with Crippen molar-refractivity contribution >= 4 is 11.6 Å². The quantitative estimate of drug-likeness (QED) is 0.712. The highest BCUT2D eigenvalue weighted by molar-refractivity contribution is 6.28. The van der Waals surface area contributed by atoms with E-state index in [9.17, 15) is 4.39 Å². The summed E-state index contributed by atoms with van der Waals surface area (Å²) >= 11 is 5.64. The number of rotatable bonds is 1. The number of halogens is 2. The van der Waals surface area contributed by atoms with Gasteiger partial charge in [-0.1, -0.05) is 0 Å². The summed E-state index contributed by atoms with van der Waals surface area (Å²) in [7, 11) is 0. The van der Waals surface area contributed by atoms with Crippen LogP contribution in [0.2, 0.25) is 5.28 Å². The van der Waals surface area contributed by atoms with Gasteiger partial charge in [0.05, 0.1) is 11.3 Å². The highest BCUT2D eigenvalue weighted by atomic mass is 35.5. The van der Waals surface area contributed by atoms with Crippen LogP contribution in [0.4, 0.5) is 4.39 Å². The third kappa shape index (κ3) is 2.00. The molecule has 5 heteroatoms. The molecule has 0 aliphatic carbocycles. The molecule has 3 nitrogen and oxygen atoms in total. The van der Waals surface area contributed by atoms with Crippen molar-refractivity contribution in [1.29, 1.82) is 5.26 Å². The molecule has 0 saturated heterocycles. The Kier molecular flexibility index (Phi) is 2.80. The lowest BCUT2D eigenvalue weighted by molar-refractivity contribution is 0.624. The Morgan fingerprint density at radius 3 is 2.81 bits per heavy atom. The van der Waals surface area contributed by atoms with Gasteiger partial charge in [0.2, 0.25) is 5.28 Å². The fourth-order valence-corrected chi connectivity index (χ4v) is 1.41. The second-order valence-corrected chi connectivity index (χ2v) is 3.36. The molecule has 0 radical (unpaired) electrons. The van der Waals surface area contributed by atoms with Gasteiger partial charge in [0.15, 0.2) is 0 Å². The monoisotopic (exact) mass is 233 g/mol. The van der Waals surface area contributed by atoms with E-state index in [1.807, 2.05) is 0 Å². The lowest BCUT2D eigenvalue weighted by Gasteiger charge is -2.01. The molecule has 78 valence electrons. The largest absolute Gasteiger partial charge is 0.226 e. The average molecular weight is 234 g/mol. The molecule has 0 aliphatic rings. The van der Waals surface area contributed by atoms with Crippen molar-refractivity contribution in [2.24, 2.45) is 0 Å². The first-order chi connectivity index (χ1) is 7.70. The molecular formula is C11H5ClFN3. The number of nitriles is 1. The predicted molar refractivity (Wildman–Crippen MR) is 57.2 cm³/mol. The highest BCUT2D eigenvalue weighted by Crippen LogP contribution is 2.20. The van der Waals surface area contributed by atoms with Gasteiger partial charge in [-0.05, 0) is 35.9 Å². The zero-order valence-electron chi connectivity index (χ0n) is 7.98. The van der Waals surface area contributed by atoms with Gasteiger partial charge in [-0.3, -0.25) is 0 Å². The second kappa shape index (κ2) is 4.25. The molecule has 0 aliphatic heterocycles. The molecule has 0 fully saturated rings. The number of nitrogens with zero attached hydrogens (tertiary/aromatic N) is 3. The van der Waals surface area contributed by atoms with Crippen LogP contribution in [-0.4, -0.2) is 9.97 Å². The van der Waals surface area contributed by atoms with Gasteiger partial charge in [-0.15, -0.1) is 0 Å². The third-order valence-corrected chi connectivity index (χ3v) is 2.19. The molecule has 1 heterocycles. The Morgan fingerprint density at radius 2 is 2.12 bits per heavy atom. The van der Waals surface area contributed by atoms with Gasteiger partial charge < -0.3 is 0 Å². The molecule has 1 aromatic heterocycles. The van der Waals surface area contributed by atoms with Gasteiger partial charge in [0.1, 0.15) is 11.9 Å². The van der Waals surface area contributed by atoms with Crippen LogP contribution in [0.25, 0.3) is 11.3 Å². The standard InChI is InChI=1S/C11H5ClFN3/c12-11-15-4-3-10(16-11)7-1-2-9(13)8(5-7)6-14/h1-5H. The third-order valence-electron chi connectivity index (χ3n) is 2.01. The fraction of sp³-hybridized carbons (Fsp3) is 0. The summed E-state index contributed by atoms with van der Waals surface area (Å²) in [4.78, 5) is 7.71. The lowest BCUT2D eigenvalue weighted by Crippen LogP contribution is -1.89. The summed E-state index contributed by atoms with van der Waals surface area (Å²) in [6.07, 6.45) is 1.50. The molecule has 2 rings (SSSR count). The van der Waals surface area contributed by atoms with Crippen molar-refractivity contribution in [3.8, 4) is 17.3 Å². The van der Waals surface area contributed by atoms with Crippen molar-refractivity contribution in [3.05, 3.63) is 47.1 Å². The first-order valence-electron chi connectivity index (χ1n) is 4.39. The van der Waals surface area contributed by atoms with Crippen LogP contribution in [0.15, 0.2) is 30.5 Å². The van der Waals surface area contributed by atoms with Gasteiger partial charge in [0.25, 0.3) is 0 Å². The van der Waals surface area contributed by atoms with Crippen LogP contribution in [0.1, 0.15) is 5.56 Å². The number of hydrogen-bond acceptors (Lipinski definition) is 3. The summed E-state index contributed by atoms with van der Waals surface area (Å²) in [5.74, 6) is -0.550. The number of hydrogen-bond donors (Lipinski definition) is 0. The highest BCUT2D eigenvalue weighted by Gasteiger charge is 2.06. The maximum absolute atomic E-state index is 13.1. The van der Waals surface area contributed by atoms with Crippen LogP contribution >= 0.6 is 11.6 Å². The van der Waals surface area contributed by atoms with E-state index in [-0.39, 0.29) is 10.8 Å². The number of benzene rings is 1. The lowest BCUT2D eigenvalue weighted by atomic mass is 10.1. The molecule has 0 saturated carbocycles. The summed E-state index contributed by atoms with van der Waals surface area (Å²) in [6.45, 7) is 0. The first-order valence-corrected chi connectivity index (χ1v) is 4.77. The smallest absolute Gasteiger partial charge is 0.222 e. The second-order valence-electron chi connectivity index (χ2n) is 3.02. The Balaban J connectivity index is 2.54. The Bertz CT molecular complexity index is 578. The van der Waals surface area contributed by atoms with E-state index >= 15 is 0 Å². The first kappa shape index (κ1) is 10.5. The summed E-state index contributed by atoms with van der Waals surface area (Å²) in [5, 5.41) is 8.81. The Hall–Kier alpha value is -1.99. The minimum atomic E-state index is -0.550. The van der Waals surface area contributed by atoms with Crippen molar-refractivity contribution in [2.75, 3.05) is 0 Å². The maximum Gasteiger partial charge on any atom is 0.222 e. The molecule has 0 atom stereocenters. The van der Waals surface area contributed by atoms with E-state index in [0.29, 0.717) is 11.3 Å². The van der Waals surface area contributed by atoms with E-state index in [2.05, 4.69) is 9.97 Å². The van der Waals surface area contributed by atoms with Crippen LogP contribution in [0.5, 0.6) is 0 Å². The van der Waals surface area contributed by atoms with Crippen molar-refractivity contribution in [3.63, 3.8) is 0 Å². The fourth-order valence-electron chi connectivity index (χ4n) is 1.27. The molecule has 0 spiro atoms.